The topological polar surface area (TPSA) is 70.4 Å². The minimum atomic E-state index is -0.278. The number of aryl methyl sites for hydroxylation is 1. The van der Waals surface area contributed by atoms with E-state index in [0.29, 0.717) is 17.8 Å². The smallest absolute Gasteiger partial charge is 0.287 e. The first kappa shape index (κ1) is 16.7. The van der Waals surface area contributed by atoms with Gasteiger partial charge >= 0.3 is 0 Å². The molecule has 0 spiro atoms. The summed E-state index contributed by atoms with van der Waals surface area (Å²) in [5, 5.41) is 17.8. The van der Waals surface area contributed by atoms with Gasteiger partial charge in [0.25, 0.3) is 5.56 Å². The molecule has 6 nitrogen and oxygen atoms in total. The van der Waals surface area contributed by atoms with Gasteiger partial charge in [-0.2, -0.15) is 5.10 Å². The van der Waals surface area contributed by atoms with E-state index >= 15 is 0 Å². The predicted molar refractivity (Wildman–Crippen MR) is 91.0 cm³/mol. The van der Waals surface area contributed by atoms with Crippen LogP contribution in [-0.4, -0.2) is 51.1 Å². The van der Waals surface area contributed by atoms with Crippen LogP contribution in [0.5, 0.6) is 0 Å². The SMILES string of the molecule is Cn1ncc(NC2CCN(C3CCCCC3O)CC2)c(Cl)c1=O. The molecule has 2 atom stereocenters. The molecule has 2 heterocycles. The summed E-state index contributed by atoms with van der Waals surface area (Å²) in [5.74, 6) is 0. The van der Waals surface area contributed by atoms with Crippen molar-refractivity contribution in [3.05, 3.63) is 21.6 Å². The third-order valence-electron chi connectivity index (χ3n) is 5.13. The number of rotatable bonds is 3. The molecule has 2 fully saturated rings. The van der Waals surface area contributed by atoms with Crippen LogP contribution in [0, 0.1) is 0 Å². The summed E-state index contributed by atoms with van der Waals surface area (Å²) in [6.45, 7) is 1.94. The molecule has 0 radical (unpaired) electrons. The van der Waals surface area contributed by atoms with Gasteiger partial charge in [0, 0.05) is 32.2 Å². The highest BCUT2D eigenvalue weighted by Crippen LogP contribution is 2.27. The van der Waals surface area contributed by atoms with Crippen LogP contribution in [0.2, 0.25) is 5.02 Å². The second kappa shape index (κ2) is 7.20. The number of aliphatic hydroxyl groups excluding tert-OH is 1. The van der Waals surface area contributed by atoms with Crippen molar-refractivity contribution < 1.29 is 5.11 Å². The first-order chi connectivity index (χ1) is 11.1. The number of piperidine rings is 1. The normalized spacial score (nSPS) is 27.1. The van der Waals surface area contributed by atoms with E-state index in [9.17, 15) is 9.90 Å². The molecule has 0 amide bonds. The Kier molecular flexibility index (Phi) is 5.24. The van der Waals surface area contributed by atoms with E-state index in [1.807, 2.05) is 0 Å². The van der Waals surface area contributed by atoms with Gasteiger partial charge in [0.15, 0.2) is 0 Å². The number of halogens is 1. The number of hydrogen-bond donors (Lipinski definition) is 2. The van der Waals surface area contributed by atoms with Crippen LogP contribution in [0.15, 0.2) is 11.0 Å². The van der Waals surface area contributed by atoms with Crippen LogP contribution in [-0.2, 0) is 7.05 Å². The highest BCUT2D eigenvalue weighted by molar-refractivity contribution is 6.32. The van der Waals surface area contributed by atoms with Crippen molar-refractivity contribution in [2.24, 2.45) is 7.05 Å². The molecule has 1 aliphatic heterocycles. The minimum absolute atomic E-state index is 0.177. The molecule has 2 N–H and O–H groups in total. The van der Waals surface area contributed by atoms with Crippen molar-refractivity contribution in [3.8, 4) is 0 Å². The highest BCUT2D eigenvalue weighted by Gasteiger charge is 2.31. The predicted octanol–water partition coefficient (Wildman–Crippen LogP) is 1.61. The number of aliphatic hydroxyl groups is 1. The zero-order valence-electron chi connectivity index (χ0n) is 13.5. The Morgan fingerprint density at radius 2 is 1.96 bits per heavy atom. The van der Waals surface area contributed by atoms with E-state index in [0.717, 1.165) is 45.2 Å². The molecule has 1 aliphatic carbocycles. The maximum absolute atomic E-state index is 11.8. The second-order valence-corrected chi connectivity index (χ2v) is 7.05. The van der Waals surface area contributed by atoms with Gasteiger partial charge in [-0.25, -0.2) is 4.68 Å². The zero-order valence-corrected chi connectivity index (χ0v) is 14.3. The van der Waals surface area contributed by atoms with Crippen molar-refractivity contribution in [2.45, 2.75) is 56.7 Å². The monoisotopic (exact) mass is 340 g/mol. The molecule has 3 rings (SSSR count). The summed E-state index contributed by atoms with van der Waals surface area (Å²) in [6.07, 6.45) is 7.79. The maximum atomic E-state index is 11.8. The van der Waals surface area contributed by atoms with Gasteiger partial charge in [-0.1, -0.05) is 24.4 Å². The fourth-order valence-electron chi connectivity index (χ4n) is 3.72. The number of hydrogen-bond acceptors (Lipinski definition) is 5. The average molecular weight is 341 g/mol. The van der Waals surface area contributed by atoms with E-state index in [1.165, 1.54) is 11.1 Å². The molecule has 1 saturated carbocycles. The van der Waals surface area contributed by atoms with Crippen molar-refractivity contribution in [2.75, 3.05) is 18.4 Å². The van der Waals surface area contributed by atoms with E-state index in [4.69, 9.17) is 11.6 Å². The van der Waals surface area contributed by atoms with E-state index in [-0.39, 0.29) is 16.7 Å². The van der Waals surface area contributed by atoms with Crippen LogP contribution in [0.3, 0.4) is 0 Å². The molecular formula is C16H25ClN4O2. The van der Waals surface area contributed by atoms with Crippen LogP contribution >= 0.6 is 11.6 Å². The largest absolute Gasteiger partial charge is 0.391 e. The van der Waals surface area contributed by atoms with Crippen molar-refractivity contribution >= 4 is 17.3 Å². The third-order valence-corrected chi connectivity index (χ3v) is 5.50. The molecule has 1 aromatic rings. The molecule has 128 valence electrons. The summed E-state index contributed by atoms with van der Waals surface area (Å²) in [6, 6.07) is 0.609. The Bertz CT molecular complexity index is 598. The standard InChI is InChI=1S/C16H25ClN4O2/c1-20-16(23)15(17)12(10-18-20)19-11-6-8-21(9-7-11)13-4-2-3-5-14(13)22/h10-11,13-14,19,22H,2-9H2,1H3. The van der Waals surface area contributed by atoms with Gasteiger partial charge in [0.2, 0.25) is 0 Å². The molecule has 23 heavy (non-hydrogen) atoms. The minimum Gasteiger partial charge on any atom is -0.391 e. The fourth-order valence-corrected chi connectivity index (χ4v) is 3.95. The lowest BCUT2D eigenvalue weighted by atomic mass is 9.89. The van der Waals surface area contributed by atoms with E-state index in [1.54, 1.807) is 13.2 Å². The zero-order chi connectivity index (χ0) is 16.4. The van der Waals surface area contributed by atoms with Crippen molar-refractivity contribution in [1.29, 1.82) is 0 Å². The van der Waals surface area contributed by atoms with Gasteiger partial charge < -0.3 is 10.4 Å². The average Bonchev–Trinajstić information content (AvgIpc) is 2.57. The number of nitrogens with one attached hydrogen (secondary N) is 1. The molecule has 0 bridgehead atoms. The molecule has 0 aromatic carbocycles. The van der Waals surface area contributed by atoms with E-state index < -0.39 is 0 Å². The quantitative estimate of drug-likeness (QED) is 0.875. The Hall–Kier alpha value is -1.11. The number of anilines is 1. The van der Waals surface area contributed by atoms with Crippen LogP contribution < -0.4 is 10.9 Å². The first-order valence-electron chi connectivity index (χ1n) is 8.46. The molecule has 7 heteroatoms. The van der Waals surface area contributed by atoms with E-state index in [2.05, 4.69) is 15.3 Å². The number of aromatic nitrogens is 2. The first-order valence-corrected chi connectivity index (χ1v) is 8.84. The second-order valence-electron chi connectivity index (χ2n) is 6.67. The summed E-state index contributed by atoms with van der Waals surface area (Å²) in [4.78, 5) is 14.2. The summed E-state index contributed by atoms with van der Waals surface area (Å²) in [7, 11) is 1.59. The fraction of sp³-hybridized carbons (Fsp3) is 0.750. The van der Waals surface area contributed by atoms with Gasteiger partial charge in [-0.05, 0) is 25.7 Å². The Morgan fingerprint density at radius 3 is 2.65 bits per heavy atom. The summed E-state index contributed by atoms with van der Waals surface area (Å²) < 4.78 is 1.24. The van der Waals surface area contributed by atoms with Crippen molar-refractivity contribution in [3.63, 3.8) is 0 Å². The lowest BCUT2D eigenvalue weighted by molar-refractivity contribution is 0.00993. The van der Waals surface area contributed by atoms with Crippen LogP contribution in [0.25, 0.3) is 0 Å². The molecular weight excluding hydrogens is 316 g/mol. The van der Waals surface area contributed by atoms with Crippen LogP contribution in [0.4, 0.5) is 5.69 Å². The molecule has 2 unspecified atom stereocenters. The number of likely N-dealkylation sites (tertiary alicyclic amines) is 1. The lowest BCUT2D eigenvalue weighted by Crippen LogP contribution is -2.50. The van der Waals surface area contributed by atoms with Gasteiger partial charge in [0.1, 0.15) is 5.02 Å². The van der Waals surface area contributed by atoms with Gasteiger partial charge in [-0.15, -0.1) is 0 Å². The van der Waals surface area contributed by atoms with Crippen LogP contribution in [0.1, 0.15) is 38.5 Å². The summed E-state index contributed by atoms with van der Waals surface area (Å²) >= 11 is 6.11. The molecule has 2 aliphatic rings. The Balaban J connectivity index is 1.57. The molecule has 1 saturated heterocycles. The molecule has 1 aromatic heterocycles. The van der Waals surface area contributed by atoms with Gasteiger partial charge in [-0.3, -0.25) is 9.69 Å². The lowest BCUT2D eigenvalue weighted by Gasteiger charge is -2.41. The third kappa shape index (κ3) is 3.70. The number of nitrogens with zero attached hydrogens (tertiary/aromatic N) is 3. The highest BCUT2D eigenvalue weighted by atomic mass is 35.5. The van der Waals surface area contributed by atoms with Gasteiger partial charge in [0.05, 0.1) is 18.0 Å². The Labute approximate surface area is 141 Å². The maximum Gasteiger partial charge on any atom is 0.287 e. The van der Waals surface area contributed by atoms with Crippen molar-refractivity contribution in [1.82, 2.24) is 14.7 Å². The summed E-state index contributed by atoms with van der Waals surface area (Å²) in [5.41, 5.74) is 0.338. The Morgan fingerprint density at radius 1 is 1.26 bits per heavy atom.